The highest BCUT2D eigenvalue weighted by molar-refractivity contribution is 7.99. The molecule has 4 rings (SSSR count). The van der Waals surface area contributed by atoms with E-state index in [0.717, 1.165) is 33.0 Å². The van der Waals surface area contributed by atoms with Gasteiger partial charge in [-0.1, -0.05) is 24.3 Å². The molecule has 0 fully saturated rings. The van der Waals surface area contributed by atoms with Crippen molar-refractivity contribution in [2.45, 2.75) is 30.3 Å². The lowest BCUT2D eigenvalue weighted by molar-refractivity contribution is 0.189. The van der Waals surface area contributed by atoms with Gasteiger partial charge in [0, 0.05) is 17.7 Å². The summed E-state index contributed by atoms with van der Waals surface area (Å²) in [6.07, 6.45) is 0.788. The fourth-order valence-electron chi connectivity index (χ4n) is 3.20. The smallest absolute Gasteiger partial charge is 0.318 e. The van der Waals surface area contributed by atoms with Gasteiger partial charge in [-0.05, 0) is 37.1 Å². The average Bonchev–Trinajstić information content (AvgIpc) is 3.12. The summed E-state index contributed by atoms with van der Waals surface area (Å²) < 4.78 is 15.2. The number of para-hydroxylation sites is 1. The minimum Gasteiger partial charge on any atom is -0.331 e. The third-order valence-electron chi connectivity index (χ3n) is 4.89. The number of rotatable bonds is 3. The lowest BCUT2D eigenvalue weighted by atomic mass is 10.0. The Morgan fingerprint density at radius 2 is 2.11 bits per heavy atom. The Morgan fingerprint density at radius 1 is 1.30 bits per heavy atom. The highest BCUT2D eigenvalue weighted by atomic mass is 32.2. The summed E-state index contributed by atoms with van der Waals surface area (Å²) in [7, 11) is 1.77. The first-order chi connectivity index (χ1) is 13.0. The van der Waals surface area contributed by atoms with Gasteiger partial charge >= 0.3 is 6.03 Å². The number of thiazole rings is 1. The van der Waals surface area contributed by atoms with E-state index in [9.17, 15) is 9.18 Å². The van der Waals surface area contributed by atoms with Crippen LogP contribution < -0.4 is 5.32 Å². The number of carbonyl (C=O) groups excluding carboxylic acids is 1. The van der Waals surface area contributed by atoms with Crippen molar-refractivity contribution in [2.24, 2.45) is 0 Å². The fourth-order valence-corrected chi connectivity index (χ4v) is 5.40. The Balaban J connectivity index is 1.51. The maximum Gasteiger partial charge on any atom is 0.318 e. The second-order valence-corrected chi connectivity index (χ2v) is 8.77. The molecule has 0 spiro atoms. The molecule has 1 N–H and O–H groups in total. The van der Waals surface area contributed by atoms with Gasteiger partial charge in [0.25, 0.3) is 0 Å². The number of benzene rings is 2. The molecule has 0 aliphatic carbocycles. The number of hydrogen-bond donors (Lipinski definition) is 1. The molecule has 4 nitrogen and oxygen atoms in total. The van der Waals surface area contributed by atoms with Gasteiger partial charge in [-0.3, -0.25) is 0 Å². The first-order valence-electron chi connectivity index (χ1n) is 8.84. The van der Waals surface area contributed by atoms with Crippen molar-refractivity contribution in [3.63, 3.8) is 0 Å². The van der Waals surface area contributed by atoms with Crippen LogP contribution in [0.25, 0.3) is 10.2 Å². The number of hydrogen-bond acceptors (Lipinski definition) is 4. The molecule has 3 aromatic rings. The van der Waals surface area contributed by atoms with E-state index in [0.29, 0.717) is 4.90 Å². The molecule has 0 radical (unpaired) electrons. The topological polar surface area (TPSA) is 45.2 Å². The summed E-state index contributed by atoms with van der Waals surface area (Å²) in [5.74, 6) is 0.573. The second-order valence-electron chi connectivity index (χ2n) is 6.60. The molecule has 1 aromatic heterocycles. The molecular weight excluding hydrogens is 381 g/mol. The van der Waals surface area contributed by atoms with Gasteiger partial charge in [0.2, 0.25) is 0 Å². The zero-order valence-electron chi connectivity index (χ0n) is 15.1. The first kappa shape index (κ1) is 18.3. The SMILES string of the molecule is CC(c1nc2ccccc2s1)N(C)C(=O)NC1CCSc2c(F)cccc21. The molecule has 27 heavy (non-hydrogen) atoms. The van der Waals surface area contributed by atoms with Gasteiger partial charge in [-0.2, -0.15) is 0 Å². The van der Waals surface area contributed by atoms with E-state index >= 15 is 0 Å². The van der Waals surface area contributed by atoms with E-state index in [1.54, 1.807) is 29.4 Å². The van der Waals surface area contributed by atoms with Crippen molar-refractivity contribution >= 4 is 39.3 Å². The number of nitrogens with one attached hydrogen (secondary N) is 1. The highest BCUT2D eigenvalue weighted by Gasteiger charge is 2.27. The summed E-state index contributed by atoms with van der Waals surface area (Å²) in [6, 6.07) is 12.5. The van der Waals surface area contributed by atoms with E-state index in [1.807, 2.05) is 37.3 Å². The maximum atomic E-state index is 14.0. The Kier molecular flexibility index (Phi) is 5.06. The summed E-state index contributed by atoms with van der Waals surface area (Å²) in [5, 5.41) is 3.97. The maximum absolute atomic E-state index is 14.0. The van der Waals surface area contributed by atoms with Crippen LogP contribution in [0.4, 0.5) is 9.18 Å². The van der Waals surface area contributed by atoms with Crippen molar-refractivity contribution in [1.82, 2.24) is 15.2 Å². The van der Waals surface area contributed by atoms with Crippen LogP contribution in [0.2, 0.25) is 0 Å². The van der Waals surface area contributed by atoms with Gasteiger partial charge < -0.3 is 10.2 Å². The van der Waals surface area contributed by atoms with Crippen molar-refractivity contribution in [3.05, 3.63) is 58.9 Å². The number of urea groups is 1. The molecule has 2 aromatic carbocycles. The minimum atomic E-state index is -0.215. The molecule has 140 valence electrons. The highest BCUT2D eigenvalue weighted by Crippen LogP contribution is 2.38. The first-order valence-corrected chi connectivity index (χ1v) is 10.6. The van der Waals surface area contributed by atoms with E-state index < -0.39 is 0 Å². The van der Waals surface area contributed by atoms with Crippen molar-refractivity contribution in [3.8, 4) is 0 Å². The Hall–Kier alpha value is -2.12. The van der Waals surface area contributed by atoms with Crippen LogP contribution in [0.5, 0.6) is 0 Å². The number of fused-ring (bicyclic) bond motifs is 2. The number of aromatic nitrogens is 1. The van der Waals surface area contributed by atoms with Crippen LogP contribution in [0, 0.1) is 5.82 Å². The fraction of sp³-hybridized carbons (Fsp3) is 0.300. The molecular formula is C20H20FN3OS2. The molecule has 2 amide bonds. The Bertz CT molecular complexity index is 957. The standard InChI is InChI=1S/C20H20FN3OS2/c1-12(19-22-16-8-3-4-9-17(16)27-19)24(2)20(25)23-15-10-11-26-18-13(15)6-5-7-14(18)21/h3-9,12,15H,10-11H2,1-2H3,(H,23,25). The Morgan fingerprint density at radius 3 is 2.93 bits per heavy atom. The molecule has 7 heteroatoms. The van der Waals surface area contributed by atoms with Crippen LogP contribution in [-0.4, -0.2) is 28.7 Å². The zero-order chi connectivity index (χ0) is 19.0. The van der Waals surface area contributed by atoms with Crippen LogP contribution in [0.15, 0.2) is 47.4 Å². The minimum absolute atomic E-state index is 0.146. The molecule has 1 aliphatic heterocycles. The Labute approximate surface area is 165 Å². The zero-order valence-corrected chi connectivity index (χ0v) is 16.7. The van der Waals surface area contributed by atoms with Gasteiger partial charge in [0.05, 0.1) is 22.3 Å². The third kappa shape index (κ3) is 3.53. The number of nitrogens with zero attached hydrogens (tertiary/aromatic N) is 2. The van der Waals surface area contributed by atoms with E-state index in [1.165, 1.54) is 17.8 Å². The van der Waals surface area contributed by atoms with E-state index in [2.05, 4.69) is 10.3 Å². The molecule has 2 atom stereocenters. The van der Waals surface area contributed by atoms with Gasteiger partial charge in [-0.15, -0.1) is 23.1 Å². The summed E-state index contributed by atoms with van der Waals surface area (Å²) in [5.41, 5.74) is 1.81. The second kappa shape index (κ2) is 7.48. The van der Waals surface area contributed by atoms with Gasteiger partial charge in [-0.25, -0.2) is 14.2 Å². The quantitative estimate of drug-likeness (QED) is 0.641. The molecule has 1 aliphatic rings. The predicted octanol–water partition coefficient (Wildman–Crippen LogP) is 5.37. The third-order valence-corrected chi connectivity index (χ3v) is 7.26. The van der Waals surface area contributed by atoms with Crippen LogP contribution >= 0.6 is 23.1 Å². The van der Waals surface area contributed by atoms with Crippen LogP contribution in [0.3, 0.4) is 0 Å². The van der Waals surface area contributed by atoms with Gasteiger partial charge in [0.1, 0.15) is 10.8 Å². The number of carbonyl (C=O) groups is 1. The number of halogens is 1. The average molecular weight is 402 g/mol. The van der Waals surface area contributed by atoms with Gasteiger partial charge in [0.15, 0.2) is 0 Å². The largest absolute Gasteiger partial charge is 0.331 e. The van der Waals surface area contributed by atoms with Crippen LogP contribution in [-0.2, 0) is 0 Å². The van der Waals surface area contributed by atoms with E-state index in [4.69, 9.17) is 0 Å². The van der Waals surface area contributed by atoms with Crippen molar-refractivity contribution < 1.29 is 9.18 Å². The van der Waals surface area contributed by atoms with Crippen LogP contribution in [0.1, 0.15) is 36.0 Å². The normalized spacial score (nSPS) is 17.4. The molecule has 2 heterocycles. The molecule has 0 saturated heterocycles. The number of thioether (sulfide) groups is 1. The molecule has 0 saturated carbocycles. The van der Waals surface area contributed by atoms with E-state index in [-0.39, 0.29) is 23.9 Å². The molecule has 0 bridgehead atoms. The monoisotopic (exact) mass is 401 g/mol. The summed E-state index contributed by atoms with van der Waals surface area (Å²) in [6.45, 7) is 1.97. The summed E-state index contributed by atoms with van der Waals surface area (Å²) >= 11 is 3.11. The lowest BCUT2D eigenvalue weighted by Crippen LogP contribution is -2.41. The lowest BCUT2D eigenvalue weighted by Gasteiger charge is -2.30. The van der Waals surface area contributed by atoms with Crippen molar-refractivity contribution in [1.29, 1.82) is 0 Å². The summed E-state index contributed by atoms with van der Waals surface area (Å²) in [4.78, 5) is 19.8. The predicted molar refractivity (Wildman–Crippen MR) is 109 cm³/mol. The molecule has 2 unspecified atom stereocenters. The number of amides is 2. The van der Waals surface area contributed by atoms with Crippen molar-refractivity contribution in [2.75, 3.05) is 12.8 Å².